The highest BCUT2D eigenvalue weighted by atomic mass is 16.5. The number of nitrogens with zero attached hydrogens (tertiary/aromatic N) is 2. The normalized spacial score (nSPS) is 19.3. The summed E-state index contributed by atoms with van der Waals surface area (Å²) in [4.78, 5) is 18.5. The Kier molecular flexibility index (Phi) is 4.74. The van der Waals surface area contributed by atoms with Gasteiger partial charge < -0.3 is 15.0 Å². The van der Waals surface area contributed by atoms with Gasteiger partial charge in [0.25, 0.3) is 5.91 Å². The molecule has 5 heteroatoms. The third-order valence-corrected chi connectivity index (χ3v) is 3.47. The van der Waals surface area contributed by atoms with Crippen molar-refractivity contribution in [3.05, 3.63) is 23.9 Å². The van der Waals surface area contributed by atoms with Gasteiger partial charge in [0.1, 0.15) is 5.82 Å². The van der Waals surface area contributed by atoms with Crippen molar-refractivity contribution in [3.63, 3.8) is 0 Å². The molecular weight excluding hydrogens is 242 g/mol. The fourth-order valence-electron chi connectivity index (χ4n) is 2.50. The van der Waals surface area contributed by atoms with Crippen molar-refractivity contribution in [1.29, 1.82) is 0 Å². The van der Waals surface area contributed by atoms with E-state index in [1.54, 1.807) is 32.5 Å². The molecule has 104 valence electrons. The summed E-state index contributed by atoms with van der Waals surface area (Å²) in [5.74, 6) is 1.25. The number of carbonyl (C=O) groups is 1. The van der Waals surface area contributed by atoms with Gasteiger partial charge in [0.05, 0.1) is 6.61 Å². The molecule has 2 rings (SSSR count). The molecule has 0 saturated carbocycles. The summed E-state index contributed by atoms with van der Waals surface area (Å²) < 4.78 is 5.19. The van der Waals surface area contributed by atoms with E-state index in [-0.39, 0.29) is 5.91 Å². The second kappa shape index (κ2) is 6.52. The number of hydrogen-bond donors (Lipinski definition) is 1. The van der Waals surface area contributed by atoms with Crippen molar-refractivity contribution >= 4 is 11.7 Å². The lowest BCUT2D eigenvalue weighted by atomic mass is 9.98. The number of carbonyl (C=O) groups excluding carboxylic acids is 1. The predicted octanol–water partition coefficient (Wildman–Crippen LogP) is 1.62. The highest BCUT2D eigenvalue weighted by molar-refractivity contribution is 5.94. The number of pyridine rings is 1. The van der Waals surface area contributed by atoms with Gasteiger partial charge in [-0.25, -0.2) is 4.98 Å². The van der Waals surface area contributed by atoms with Gasteiger partial charge in [-0.2, -0.15) is 0 Å². The van der Waals surface area contributed by atoms with E-state index in [1.165, 1.54) is 0 Å². The van der Waals surface area contributed by atoms with Crippen LogP contribution in [0.5, 0.6) is 0 Å². The fraction of sp³-hybridized carbons (Fsp3) is 0.571. The third-order valence-electron chi connectivity index (χ3n) is 3.47. The lowest BCUT2D eigenvalue weighted by Gasteiger charge is -2.32. The van der Waals surface area contributed by atoms with E-state index in [9.17, 15) is 4.79 Å². The van der Waals surface area contributed by atoms with Crippen molar-refractivity contribution in [2.24, 2.45) is 5.92 Å². The van der Waals surface area contributed by atoms with Crippen LogP contribution in [0.1, 0.15) is 23.2 Å². The molecule has 0 aromatic carbocycles. The number of anilines is 1. The van der Waals surface area contributed by atoms with Gasteiger partial charge in [0.2, 0.25) is 0 Å². The van der Waals surface area contributed by atoms with Gasteiger partial charge in [0.15, 0.2) is 0 Å². The van der Waals surface area contributed by atoms with Gasteiger partial charge in [0, 0.05) is 39.0 Å². The van der Waals surface area contributed by atoms with Gasteiger partial charge >= 0.3 is 0 Å². The van der Waals surface area contributed by atoms with Crippen LogP contribution in [0.25, 0.3) is 0 Å². The number of hydrogen-bond acceptors (Lipinski definition) is 4. The Morgan fingerprint density at radius 1 is 1.63 bits per heavy atom. The number of methoxy groups -OCH3 is 1. The van der Waals surface area contributed by atoms with Crippen molar-refractivity contribution in [3.8, 4) is 0 Å². The Hall–Kier alpha value is -1.62. The Labute approximate surface area is 114 Å². The van der Waals surface area contributed by atoms with E-state index < -0.39 is 0 Å². The minimum atomic E-state index is 0.0831. The number of amides is 1. The Morgan fingerprint density at radius 2 is 2.47 bits per heavy atom. The second-order valence-corrected chi connectivity index (χ2v) is 4.89. The van der Waals surface area contributed by atoms with E-state index >= 15 is 0 Å². The van der Waals surface area contributed by atoms with E-state index in [1.807, 2.05) is 4.90 Å². The fourth-order valence-corrected chi connectivity index (χ4v) is 2.50. The zero-order chi connectivity index (χ0) is 13.7. The average molecular weight is 263 g/mol. The lowest BCUT2D eigenvalue weighted by molar-refractivity contribution is 0.0571. The first-order valence-corrected chi connectivity index (χ1v) is 6.66. The van der Waals surface area contributed by atoms with Crippen molar-refractivity contribution in [1.82, 2.24) is 9.88 Å². The number of ether oxygens (including phenoxy) is 1. The summed E-state index contributed by atoms with van der Waals surface area (Å²) in [6.45, 7) is 2.34. The zero-order valence-corrected chi connectivity index (χ0v) is 11.6. The quantitative estimate of drug-likeness (QED) is 0.897. The molecule has 5 nitrogen and oxygen atoms in total. The number of likely N-dealkylation sites (tertiary alicyclic amines) is 1. The van der Waals surface area contributed by atoms with Gasteiger partial charge in [-0.3, -0.25) is 4.79 Å². The standard InChI is InChI=1S/C14H21N3O2/c1-15-13-8-12(5-6-16-13)14(18)17-7-3-4-11(9-17)10-19-2/h5-6,8,11H,3-4,7,9-10H2,1-2H3,(H,15,16). The molecule has 0 spiro atoms. The number of piperidine rings is 1. The van der Waals surface area contributed by atoms with Crippen LogP contribution in [0.15, 0.2) is 18.3 Å². The largest absolute Gasteiger partial charge is 0.384 e. The summed E-state index contributed by atoms with van der Waals surface area (Å²) in [5, 5.41) is 2.95. The summed E-state index contributed by atoms with van der Waals surface area (Å²) in [7, 11) is 3.51. The first-order chi connectivity index (χ1) is 9.24. The third kappa shape index (κ3) is 3.44. The first kappa shape index (κ1) is 13.8. The minimum absolute atomic E-state index is 0.0831. The summed E-state index contributed by atoms with van der Waals surface area (Å²) in [6, 6.07) is 3.56. The van der Waals surface area contributed by atoms with Crippen LogP contribution in [-0.4, -0.2) is 49.6 Å². The molecule has 1 atom stereocenters. The second-order valence-electron chi connectivity index (χ2n) is 4.89. The predicted molar refractivity (Wildman–Crippen MR) is 74.3 cm³/mol. The number of rotatable bonds is 4. The molecule has 1 aromatic heterocycles. The van der Waals surface area contributed by atoms with Crippen molar-refractivity contribution < 1.29 is 9.53 Å². The molecule has 1 fully saturated rings. The Bertz CT molecular complexity index is 434. The highest BCUT2D eigenvalue weighted by Gasteiger charge is 2.24. The van der Waals surface area contributed by atoms with E-state index in [0.717, 1.165) is 38.4 Å². The number of aromatic nitrogens is 1. The SMILES string of the molecule is CNc1cc(C(=O)N2CCCC(COC)C2)ccn1. The van der Waals surface area contributed by atoms with E-state index in [2.05, 4.69) is 10.3 Å². The monoisotopic (exact) mass is 263 g/mol. The molecule has 0 aliphatic carbocycles. The Morgan fingerprint density at radius 3 is 3.21 bits per heavy atom. The maximum absolute atomic E-state index is 12.4. The van der Waals surface area contributed by atoms with Crippen LogP contribution < -0.4 is 5.32 Å². The lowest BCUT2D eigenvalue weighted by Crippen LogP contribution is -2.41. The van der Waals surface area contributed by atoms with Crippen LogP contribution in [0.4, 0.5) is 5.82 Å². The number of nitrogens with one attached hydrogen (secondary N) is 1. The molecule has 1 N–H and O–H groups in total. The molecule has 2 heterocycles. The summed E-state index contributed by atoms with van der Waals surface area (Å²) in [5.41, 5.74) is 0.692. The van der Waals surface area contributed by atoms with Gasteiger partial charge in [-0.15, -0.1) is 0 Å². The van der Waals surface area contributed by atoms with Crippen LogP contribution in [0.2, 0.25) is 0 Å². The molecule has 1 unspecified atom stereocenters. The van der Waals surface area contributed by atoms with Crippen molar-refractivity contribution in [2.75, 3.05) is 39.2 Å². The van der Waals surface area contributed by atoms with Gasteiger partial charge in [-0.1, -0.05) is 0 Å². The Balaban J connectivity index is 2.05. The average Bonchev–Trinajstić information content (AvgIpc) is 2.47. The maximum atomic E-state index is 12.4. The molecule has 0 radical (unpaired) electrons. The molecule has 1 aliphatic rings. The first-order valence-electron chi connectivity index (χ1n) is 6.66. The summed E-state index contributed by atoms with van der Waals surface area (Å²) >= 11 is 0. The summed E-state index contributed by atoms with van der Waals surface area (Å²) in [6.07, 6.45) is 3.84. The zero-order valence-electron chi connectivity index (χ0n) is 11.6. The highest BCUT2D eigenvalue weighted by Crippen LogP contribution is 2.19. The molecule has 1 saturated heterocycles. The minimum Gasteiger partial charge on any atom is -0.384 e. The van der Waals surface area contributed by atoms with E-state index in [0.29, 0.717) is 11.5 Å². The molecule has 0 bridgehead atoms. The van der Waals surface area contributed by atoms with Crippen molar-refractivity contribution in [2.45, 2.75) is 12.8 Å². The molecule has 1 aliphatic heterocycles. The van der Waals surface area contributed by atoms with Crippen LogP contribution in [0.3, 0.4) is 0 Å². The molecule has 19 heavy (non-hydrogen) atoms. The van der Waals surface area contributed by atoms with Crippen LogP contribution in [-0.2, 0) is 4.74 Å². The molecular formula is C14H21N3O2. The van der Waals surface area contributed by atoms with Gasteiger partial charge in [-0.05, 0) is 30.9 Å². The maximum Gasteiger partial charge on any atom is 0.254 e. The smallest absolute Gasteiger partial charge is 0.254 e. The molecule has 1 amide bonds. The van der Waals surface area contributed by atoms with E-state index in [4.69, 9.17) is 4.74 Å². The van der Waals surface area contributed by atoms with Crippen LogP contribution in [0, 0.1) is 5.92 Å². The topological polar surface area (TPSA) is 54.5 Å². The van der Waals surface area contributed by atoms with Crippen LogP contribution >= 0.6 is 0 Å². The molecule has 1 aromatic rings.